The molecule has 106 valence electrons. The Kier molecular flexibility index (Phi) is 4.38. The SMILES string of the molecule is CCNc1cc(C(C)(C)C)nc(-c2ccc(Br)cn2)n1. The Labute approximate surface area is 128 Å². The molecule has 0 bridgehead atoms. The summed E-state index contributed by atoms with van der Waals surface area (Å²) in [4.78, 5) is 13.6. The number of aromatic nitrogens is 3. The summed E-state index contributed by atoms with van der Waals surface area (Å²) >= 11 is 3.39. The lowest BCUT2D eigenvalue weighted by molar-refractivity contribution is 0.568. The van der Waals surface area contributed by atoms with Crippen molar-refractivity contribution in [2.75, 3.05) is 11.9 Å². The molecular weight excluding hydrogens is 316 g/mol. The van der Waals surface area contributed by atoms with Crippen LogP contribution in [0.1, 0.15) is 33.4 Å². The quantitative estimate of drug-likeness (QED) is 0.920. The summed E-state index contributed by atoms with van der Waals surface area (Å²) in [5, 5.41) is 3.25. The van der Waals surface area contributed by atoms with Gasteiger partial charge < -0.3 is 5.32 Å². The molecule has 0 aromatic carbocycles. The van der Waals surface area contributed by atoms with E-state index in [0.717, 1.165) is 28.2 Å². The Morgan fingerprint density at radius 1 is 1.20 bits per heavy atom. The molecule has 0 amide bonds. The van der Waals surface area contributed by atoms with Gasteiger partial charge in [-0.3, -0.25) is 4.98 Å². The number of anilines is 1. The Bertz CT molecular complexity index is 588. The lowest BCUT2D eigenvalue weighted by Gasteiger charge is -2.19. The molecule has 0 aliphatic carbocycles. The molecule has 0 aliphatic rings. The highest BCUT2D eigenvalue weighted by atomic mass is 79.9. The summed E-state index contributed by atoms with van der Waals surface area (Å²) in [6.45, 7) is 9.31. The molecule has 20 heavy (non-hydrogen) atoms. The summed E-state index contributed by atoms with van der Waals surface area (Å²) in [7, 11) is 0. The van der Waals surface area contributed by atoms with Crippen molar-refractivity contribution < 1.29 is 0 Å². The first-order valence-electron chi connectivity index (χ1n) is 6.65. The number of pyridine rings is 1. The largest absolute Gasteiger partial charge is 0.370 e. The molecule has 0 aliphatic heterocycles. The molecule has 0 atom stereocenters. The molecule has 0 fully saturated rings. The maximum Gasteiger partial charge on any atom is 0.180 e. The predicted octanol–water partition coefficient (Wildman–Crippen LogP) is 4.03. The molecule has 0 saturated carbocycles. The predicted molar refractivity (Wildman–Crippen MR) is 85.8 cm³/mol. The zero-order valence-corrected chi connectivity index (χ0v) is 13.8. The van der Waals surface area contributed by atoms with Crippen LogP contribution in [0, 0.1) is 0 Å². The summed E-state index contributed by atoms with van der Waals surface area (Å²) in [5.41, 5.74) is 1.75. The molecular formula is C15H19BrN4. The zero-order chi connectivity index (χ0) is 14.8. The van der Waals surface area contributed by atoms with Gasteiger partial charge in [0.15, 0.2) is 5.82 Å². The first kappa shape index (κ1) is 14.9. The van der Waals surface area contributed by atoms with Crippen molar-refractivity contribution in [3.05, 3.63) is 34.6 Å². The van der Waals surface area contributed by atoms with Gasteiger partial charge in [0, 0.05) is 28.7 Å². The van der Waals surface area contributed by atoms with E-state index in [-0.39, 0.29) is 5.41 Å². The van der Waals surface area contributed by atoms with Crippen molar-refractivity contribution in [3.63, 3.8) is 0 Å². The molecule has 0 saturated heterocycles. The van der Waals surface area contributed by atoms with Gasteiger partial charge in [0.1, 0.15) is 11.5 Å². The second-order valence-electron chi connectivity index (χ2n) is 5.60. The second kappa shape index (κ2) is 5.87. The third kappa shape index (κ3) is 3.54. The molecule has 5 heteroatoms. The maximum atomic E-state index is 4.66. The lowest BCUT2D eigenvalue weighted by Crippen LogP contribution is -2.16. The highest BCUT2D eigenvalue weighted by molar-refractivity contribution is 9.10. The first-order chi connectivity index (χ1) is 9.40. The minimum Gasteiger partial charge on any atom is -0.370 e. The number of nitrogens with zero attached hydrogens (tertiary/aromatic N) is 3. The van der Waals surface area contributed by atoms with Crippen LogP contribution in [-0.2, 0) is 5.41 Å². The molecule has 1 N–H and O–H groups in total. The summed E-state index contributed by atoms with van der Waals surface area (Å²) in [6.07, 6.45) is 1.76. The monoisotopic (exact) mass is 334 g/mol. The molecule has 0 radical (unpaired) electrons. The fourth-order valence-electron chi connectivity index (χ4n) is 1.73. The van der Waals surface area contributed by atoms with Gasteiger partial charge in [0.2, 0.25) is 0 Å². The smallest absolute Gasteiger partial charge is 0.180 e. The van der Waals surface area contributed by atoms with Gasteiger partial charge in [0.05, 0.1) is 5.69 Å². The van der Waals surface area contributed by atoms with E-state index in [1.807, 2.05) is 18.2 Å². The highest BCUT2D eigenvalue weighted by Gasteiger charge is 2.18. The van der Waals surface area contributed by atoms with Gasteiger partial charge in [-0.05, 0) is 35.0 Å². The third-order valence-electron chi connectivity index (χ3n) is 2.81. The Balaban J connectivity index is 2.51. The maximum absolute atomic E-state index is 4.66. The van der Waals surface area contributed by atoms with Crippen molar-refractivity contribution in [2.45, 2.75) is 33.1 Å². The standard InChI is InChI=1S/C15H19BrN4/c1-5-17-13-8-12(15(2,3)4)19-14(20-13)11-7-6-10(16)9-18-11/h6-9H,5H2,1-4H3,(H,17,19,20). The molecule has 2 rings (SSSR count). The van der Waals surface area contributed by atoms with E-state index in [9.17, 15) is 0 Å². The van der Waals surface area contributed by atoms with Crippen molar-refractivity contribution in [3.8, 4) is 11.5 Å². The Morgan fingerprint density at radius 3 is 2.50 bits per heavy atom. The van der Waals surface area contributed by atoms with Crippen molar-refractivity contribution in [1.82, 2.24) is 15.0 Å². The average molecular weight is 335 g/mol. The van der Waals surface area contributed by atoms with Crippen LogP contribution in [0.2, 0.25) is 0 Å². The van der Waals surface area contributed by atoms with Crippen LogP contribution < -0.4 is 5.32 Å². The second-order valence-corrected chi connectivity index (χ2v) is 6.52. The van der Waals surface area contributed by atoms with E-state index in [2.05, 4.69) is 63.9 Å². The molecule has 2 aromatic heterocycles. The van der Waals surface area contributed by atoms with Gasteiger partial charge in [-0.2, -0.15) is 0 Å². The number of rotatable bonds is 3. The van der Waals surface area contributed by atoms with Crippen LogP contribution in [0.3, 0.4) is 0 Å². The number of hydrogen-bond donors (Lipinski definition) is 1. The van der Waals surface area contributed by atoms with Crippen molar-refractivity contribution in [1.29, 1.82) is 0 Å². The van der Waals surface area contributed by atoms with Crippen LogP contribution in [0.5, 0.6) is 0 Å². The Hall–Kier alpha value is -1.49. The Morgan fingerprint density at radius 2 is 1.95 bits per heavy atom. The summed E-state index contributed by atoms with van der Waals surface area (Å²) in [6, 6.07) is 5.87. The third-order valence-corrected chi connectivity index (χ3v) is 3.28. The zero-order valence-electron chi connectivity index (χ0n) is 12.2. The van der Waals surface area contributed by atoms with Crippen LogP contribution in [0.4, 0.5) is 5.82 Å². The van der Waals surface area contributed by atoms with Gasteiger partial charge in [-0.15, -0.1) is 0 Å². The molecule has 0 spiro atoms. The normalized spacial score (nSPS) is 11.4. The van der Waals surface area contributed by atoms with Gasteiger partial charge >= 0.3 is 0 Å². The number of hydrogen-bond acceptors (Lipinski definition) is 4. The number of nitrogens with one attached hydrogen (secondary N) is 1. The van der Waals surface area contributed by atoms with Crippen LogP contribution >= 0.6 is 15.9 Å². The minimum absolute atomic E-state index is 0.0305. The fourth-order valence-corrected chi connectivity index (χ4v) is 1.96. The summed E-state index contributed by atoms with van der Waals surface area (Å²) in [5.74, 6) is 1.49. The van der Waals surface area contributed by atoms with Crippen LogP contribution in [0.15, 0.2) is 28.9 Å². The fraction of sp³-hybridized carbons (Fsp3) is 0.400. The van der Waals surface area contributed by atoms with E-state index in [1.165, 1.54) is 0 Å². The van der Waals surface area contributed by atoms with E-state index < -0.39 is 0 Å². The molecule has 2 heterocycles. The average Bonchev–Trinajstić information content (AvgIpc) is 2.38. The molecule has 4 nitrogen and oxygen atoms in total. The van der Waals surface area contributed by atoms with Crippen LogP contribution in [0.25, 0.3) is 11.5 Å². The van der Waals surface area contributed by atoms with Gasteiger partial charge in [0.25, 0.3) is 0 Å². The number of halogens is 1. The van der Waals surface area contributed by atoms with E-state index in [1.54, 1.807) is 6.20 Å². The van der Waals surface area contributed by atoms with Crippen molar-refractivity contribution >= 4 is 21.7 Å². The summed E-state index contributed by atoms with van der Waals surface area (Å²) < 4.78 is 0.945. The van der Waals surface area contributed by atoms with E-state index in [4.69, 9.17) is 0 Å². The van der Waals surface area contributed by atoms with E-state index >= 15 is 0 Å². The van der Waals surface area contributed by atoms with Crippen molar-refractivity contribution in [2.24, 2.45) is 0 Å². The first-order valence-corrected chi connectivity index (χ1v) is 7.45. The topological polar surface area (TPSA) is 50.7 Å². The van der Waals surface area contributed by atoms with Gasteiger partial charge in [-0.1, -0.05) is 20.8 Å². The molecule has 0 unspecified atom stereocenters. The van der Waals surface area contributed by atoms with Gasteiger partial charge in [-0.25, -0.2) is 9.97 Å². The minimum atomic E-state index is -0.0305. The highest BCUT2D eigenvalue weighted by Crippen LogP contribution is 2.25. The lowest BCUT2D eigenvalue weighted by atomic mass is 9.92. The molecule has 2 aromatic rings. The van der Waals surface area contributed by atoms with E-state index in [0.29, 0.717) is 5.82 Å². The van der Waals surface area contributed by atoms with Crippen LogP contribution in [-0.4, -0.2) is 21.5 Å².